The van der Waals surface area contributed by atoms with Crippen LogP contribution in [0.1, 0.15) is 39.3 Å². The summed E-state index contributed by atoms with van der Waals surface area (Å²) in [5.41, 5.74) is 5.50. The Morgan fingerprint density at radius 1 is 1.30 bits per heavy atom. The SMILES string of the molecule is Cc1ccc(-n2nc(C(=O)N3CCNCC3C(F)F)c3c2CCC3)c(C)c1. The average molecular weight is 374 g/mol. The molecule has 5 nitrogen and oxygen atoms in total. The zero-order valence-corrected chi connectivity index (χ0v) is 15.6. The third kappa shape index (κ3) is 3.14. The van der Waals surface area contributed by atoms with Crippen LogP contribution in [0, 0.1) is 13.8 Å². The molecular formula is C20H24F2N4O. The van der Waals surface area contributed by atoms with Gasteiger partial charge in [-0.05, 0) is 44.7 Å². The van der Waals surface area contributed by atoms with Crippen LogP contribution in [0.2, 0.25) is 0 Å². The minimum absolute atomic E-state index is 0.114. The van der Waals surface area contributed by atoms with Crippen molar-refractivity contribution in [1.82, 2.24) is 20.0 Å². The average Bonchev–Trinajstić information content (AvgIpc) is 3.24. The second-order valence-electron chi connectivity index (χ2n) is 7.43. The van der Waals surface area contributed by atoms with Crippen LogP contribution in [-0.4, -0.2) is 52.7 Å². The van der Waals surface area contributed by atoms with Gasteiger partial charge in [0.05, 0.1) is 5.69 Å². The van der Waals surface area contributed by atoms with Crippen molar-refractivity contribution in [3.8, 4) is 5.69 Å². The molecular weight excluding hydrogens is 350 g/mol. The predicted octanol–water partition coefficient (Wildman–Crippen LogP) is 2.66. The van der Waals surface area contributed by atoms with Gasteiger partial charge in [-0.1, -0.05) is 17.7 Å². The summed E-state index contributed by atoms with van der Waals surface area (Å²) in [6.45, 7) is 4.97. The Hall–Kier alpha value is -2.28. The molecule has 0 bridgehead atoms. The maximum absolute atomic E-state index is 13.4. The lowest BCUT2D eigenvalue weighted by Gasteiger charge is -2.35. The molecule has 0 spiro atoms. The van der Waals surface area contributed by atoms with E-state index < -0.39 is 12.5 Å². The van der Waals surface area contributed by atoms with Crippen molar-refractivity contribution < 1.29 is 13.6 Å². The smallest absolute Gasteiger partial charge is 0.275 e. The number of rotatable bonds is 3. The first-order valence-electron chi connectivity index (χ1n) is 9.45. The molecule has 1 atom stereocenters. The highest BCUT2D eigenvalue weighted by Gasteiger charge is 2.37. The largest absolute Gasteiger partial charge is 0.326 e. The van der Waals surface area contributed by atoms with Crippen LogP contribution < -0.4 is 5.32 Å². The summed E-state index contributed by atoms with van der Waals surface area (Å²) in [5, 5.41) is 7.57. The van der Waals surface area contributed by atoms with Crippen molar-refractivity contribution in [2.45, 2.75) is 45.6 Å². The number of nitrogens with zero attached hydrogens (tertiary/aromatic N) is 3. The Labute approximate surface area is 157 Å². The van der Waals surface area contributed by atoms with Gasteiger partial charge in [0, 0.05) is 30.9 Å². The van der Waals surface area contributed by atoms with Crippen LogP contribution >= 0.6 is 0 Å². The molecule has 1 N–H and O–H groups in total. The molecule has 27 heavy (non-hydrogen) atoms. The topological polar surface area (TPSA) is 50.2 Å². The first-order chi connectivity index (χ1) is 13.0. The van der Waals surface area contributed by atoms with Gasteiger partial charge in [0.1, 0.15) is 6.04 Å². The van der Waals surface area contributed by atoms with E-state index in [-0.39, 0.29) is 19.0 Å². The van der Waals surface area contributed by atoms with E-state index in [9.17, 15) is 13.6 Å². The number of carbonyl (C=O) groups is 1. The van der Waals surface area contributed by atoms with E-state index in [1.165, 1.54) is 4.90 Å². The highest BCUT2D eigenvalue weighted by molar-refractivity contribution is 5.94. The number of fused-ring (bicyclic) bond motifs is 1. The Morgan fingerprint density at radius 2 is 2.11 bits per heavy atom. The number of aryl methyl sites for hydroxylation is 2. The van der Waals surface area contributed by atoms with Crippen LogP contribution in [0.5, 0.6) is 0 Å². The highest BCUT2D eigenvalue weighted by atomic mass is 19.3. The number of amides is 1. The second kappa shape index (κ2) is 7.03. The Kier molecular flexibility index (Phi) is 4.72. The zero-order valence-electron chi connectivity index (χ0n) is 15.6. The van der Waals surface area contributed by atoms with E-state index in [2.05, 4.69) is 16.5 Å². The second-order valence-corrected chi connectivity index (χ2v) is 7.43. The lowest BCUT2D eigenvalue weighted by Crippen LogP contribution is -2.56. The number of carbonyl (C=O) groups excluding carboxylic acids is 1. The summed E-state index contributed by atoms with van der Waals surface area (Å²) in [5.74, 6) is -0.372. The number of alkyl halides is 2. The van der Waals surface area contributed by atoms with Gasteiger partial charge in [-0.3, -0.25) is 4.79 Å². The number of halogens is 2. The van der Waals surface area contributed by atoms with Gasteiger partial charge in [0.15, 0.2) is 5.69 Å². The normalized spacial score (nSPS) is 19.6. The minimum Gasteiger partial charge on any atom is -0.326 e. The van der Waals surface area contributed by atoms with Gasteiger partial charge in [0.2, 0.25) is 0 Å². The van der Waals surface area contributed by atoms with E-state index in [4.69, 9.17) is 0 Å². The molecule has 2 heterocycles. The van der Waals surface area contributed by atoms with Crippen LogP contribution in [0.25, 0.3) is 5.69 Å². The number of hydrogen-bond donors (Lipinski definition) is 1. The minimum atomic E-state index is -2.57. The van der Waals surface area contributed by atoms with Gasteiger partial charge in [-0.25, -0.2) is 13.5 Å². The lowest BCUT2D eigenvalue weighted by atomic mass is 10.1. The highest BCUT2D eigenvalue weighted by Crippen LogP contribution is 2.30. The molecule has 2 aromatic rings. The molecule has 7 heteroatoms. The first-order valence-corrected chi connectivity index (χ1v) is 9.45. The van der Waals surface area contributed by atoms with Crippen molar-refractivity contribution >= 4 is 5.91 Å². The number of aromatic nitrogens is 2. The fourth-order valence-corrected chi connectivity index (χ4v) is 4.19. The predicted molar refractivity (Wildman–Crippen MR) is 98.8 cm³/mol. The van der Waals surface area contributed by atoms with E-state index in [1.807, 2.05) is 30.7 Å². The van der Waals surface area contributed by atoms with Gasteiger partial charge in [0.25, 0.3) is 12.3 Å². The summed E-state index contributed by atoms with van der Waals surface area (Å²) >= 11 is 0. The maximum Gasteiger partial charge on any atom is 0.275 e. The maximum atomic E-state index is 13.4. The molecule has 1 saturated heterocycles. The summed E-state index contributed by atoms with van der Waals surface area (Å²) in [6, 6.07) is 5.02. The molecule has 1 fully saturated rings. The molecule has 1 aliphatic carbocycles. The number of piperazine rings is 1. The fourth-order valence-electron chi connectivity index (χ4n) is 4.19. The monoisotopic (exact) mass is 374 g/mol. The molecule has 1 amide bonds. The molecule has 2 aliphatic rings. The lowest BCUT2D eigenvalue weighted by molar-refractivity contribution is 0.0122. The van der Waals surface area contributed by atoms with Gasteiger partial charge in [-0.2, -0.15) is 5.10 Å². The van der Waals surface area contributed by atoms with Crippen molar-refractivity contribution in [3.63, 3.8) is 0 Å². The molecule has 1 unspecified atom stereocenters. The van der Waals surface area contributed by atoms with E-state index in [0.717, 1.165) is 47.3 Å². The quantitative estimate of drug-likeness (QED) is 0.899. The van der Waals surface area contributed by atoms with E-state index >= 15 is 0 Å². The third-order valence-corrected chi connectivity index (χ3v) is 5.55. The molecule has 144 valence electrons. The Bertz CT molecular complexity index is 877. The first kappa shape index (κ1) is 18.1. The van der Waals surface area contributed by atoms with Crippen molar-refractivity contribution in [1.29, 1.82) is 0 Å². The van der Waals surface area contributed by atoms with Crippen molar-refractivity contribution in [2.24, 2.45) is 0 Å². The molecule has 0 saturated carbocycles. The zero-order chi connectivity index (χ0) is 19.1. The van der Waals surface area contributed by atoms with Crippen molar-refractivity contribution in [2.75, 3.05) is 19.6 Å². The molecule has 0 radical (unpaired) electrons. The third-order valence-electron chi connectivity index (χ3n) is 5.55. The Balaban J connectivity index is 1.75. The van der Waals surface area contributed by atoms with Gasteiger partial charge < -0.3 is 10.2 Å². The molecule has 4 rings (SSSR count). The van der Waals surface area contributed by atoms with Crippen molar-refractivity contribution in [3.05, 3.63) is 46.3 Å². The van der Waals surface area contributed by atoms with E-state index in [1.54, 1.807) is 0 Å². The van der Waals surface area contributed by atoms with Gasteiger partial charge in [-0.15, -0.1) is 0 Å². The van der Waals surface area contributed by atoms with Crippen LogP contribution in [0.4, 0.5) is 8.78 Å². The number of benzene rings is 1. The summed E-state index contributed by atoms with van der Waals surface area (Å²) in [4.78, 5) is 14.4. The number of nitrogens with one attached hydrogen (secondary N) is 1. The molecule has 1 aliphatic heterocycles. The molecule has 1 aromatic heterocycles. The van der Waals surface area contributed by atoms with Gasteiger partial charge >= 0.3 is 0 Å². The summed E-state index contributed by atoms with van der Waals surface area (Å²) in [6.07, 6.45) is 0.00416. The standard InChI is InChI=1S/C20H24F2N4O/c1-12-6-7-15(13(2)10-12)26-16-5-3-4-14(16)18(24-26)20(27)25-9-8-23-11-17(25)19(21)22/h6-7,10,17,19,23H,3-5,8-9,11H2,1-2H3. The summed E-state index contributed by atoms with van der Waals surface area (Å²) < 4.78 is 28.7. The number of hydrogen-bond acceptors (Lipinski definition) is 3. The Morgan fingerprint density at radius 3 is 2.85 bits per heavy atom. The summed E-state index contributed by atoms with van der Waals surface area (Å²) in [7, 11) is 0. The van der Waals surface area contributed by atoms with E-state index in [0.29, 0.717) is 12.2 Å². The molecule has 1 aromatic carbocycles. The fraction of sp³-hybridized carbons (Fsp3) is 0.500. The van der Waals surface area contributed by atoms with Crippen LogP contribution in [0.15, 0.2) is 18.2 Å². The van der Waals surface area contributed by atoms with Crippen LogP contribution in [0.3, 0.4) is 0 Å². The van der Waals surface area contributed by atoms with Crippen LogP contribution in [-0.2, 0) is 12.8 Å².